The molecule has 4 aliphatic rings. The van der Waals surface area contributed by atoms with E-state index in [0.717, 1.165) is 53.8 Å². The summed E-state index contributed by atoms with van der Waals surface area (Å²) >= 11 is 1.35. The number of likely N-dealkylation sites (tertiary alicyclic amines) is 2. The number of carbonyl (C=O) groups excluding carboxylic acids is 2. The van der Waals surface area contributed by atoms with E-state index >= 15 is 0 Å². The van der Waals surface area contributed by atoms with Crippen molar-refractivity contribution < 1.29 is 14.0 Å². The fraction of sp³-hybridized carbons (Fsp3) is 0.450. The number of aromatic nitrogens is 5. The number of pyridine rings is 2. The minimum atomic E-state index is -0.701. The van der Waals surface area contributed by atoms with Crippen LogP contribution in [0.25, 0.3) is 22.3 Å². The number of carbonyl (C=O) groups is 2. The van der Waals surface area contributed by atoms with Crippen molar-refractivity contribution in [1.82, 2.24) is 34.3 Å². The van der Waals surface area contributed by atoms with Gasteiger partial charge in [0.05, 0.1) is 34.8 Å². The van der Waals surface area contributed by atoms with E-state index in [4.69, 9.17) is 9.97 Å². The topological polar surface area (TPSA) is 112 Å². The second kappa shape index (κ2) is 12.7. The number of nitrogens with one attached hydrogen (secondary N) is 1. The molecule has 1 aliphatic carbocycles. The van der Waals surface area contributed by atoms with Gasteiger partial charge in [-0.25, -0.2) is 19.3 Å². The predicted molar refractivity (Wildman–Crippen MR) is 204 cm³/mol. The Bertz CT molecular complexity index is 2220. The third-order valence-electron chi connectivity index (χ3n) is 12.0. The molecule has 274 valence electrons. The van der Waals surface area contributed by atoms with Crippen LogP contribution >= 0.6 is 11.3 Å². The minimum Gasteiger partial charge on any atom is -0.336 e. The predicted octanol–water partition coefficient (Wildman–Crippen LogP) is 7.20. The average Bonchev–Trinajstić information content (AvgIpc) is 3.93. The van der Waals surface area contributed by atoms with Gasteiger partial charge in [-0.05, 0) is 81.7 Å². The SMILES string of the molecule is CC(C)n1cnc2cc(-c3ccc4c(c3)N(C3CC(N5CCC(C)(C)C5)C3)C(=O)C43CCN(C(=O)c4nccs4)CC3)nc(Nc3ccncc3F)c21. The smallest absolute Gasteiger partial charge is 0.282 e. The normalized spacial score (nSPS) is 22.2. The molecule has 13 heteroatoms. The molecule has 0 atom stereocenters. The Balaban J connectivity index is 1.09. The number of nitrogens with zero attached hydrogens (tertiary/aromatic N) is 8. The molecule has 9 rings (SSSR count). The molecule has 0 radical (unpaired) electrons. The number of thiazole rings is 1. The van der Waals surface area contributed by atoms with Crippen LogP contribution in [-0.4, -0.2) is 84.4 Å². The van der Waals surface area contributed by atoms with Gasteiger partial charge in [-0.15, -0.1) is 11.3 Å². The van der Waals surface area contributed by atoms with E-state index in [-0.39, 0.29) is 29.6 Å². The van der Waals surface area contributed by atoms with Crippen molar-refractivity contribution in [3.8, 4) is 11.3 Å². The largest absolute Gasteiger partial charge is 0.336 e. The van der Waals surface area contributed by atoms with Crippen LogP contribution in [0.3, 0.4) is 0 Å². The summed E-state index contributed by atoms with van der Waals surface area (Å²) in [5, 5.41) is 5.53. The van der Waals surface area contributed by atoms with Crippen molar-refractivity contribution in [2.75, 3.05) is 36.4 Å². The fourth-order valence-electron chi connectivity index (χ4n) is 8.98. The van der Waals surface area contributed by atoms with Crippen LogP contribution in [0, 0.1) is 11.2 Å². The van der Waals surface area contributed by atoms with Crippen molar-refractivity contribution in [2.45, 2.75) is 83.3 Å². The molecule has 0 unspecified atom stereocenters. The fourth-order valence-corrected chi connectivity index (χ4v) is 9.58. The molecule has 1 saturated carbocycles. The highest BCUT2D eigenvalue weighted by atomic mass is 32.1. The van der Waals surface area contributed by atoms with Crippen LogP contribution in [-0.2, 0) is 10.2 Å². The third kappa shape index (κ3) is 5.70. The highest BCUT2D eigenvalue weighted by Gasteiger charge is 2.56. The van der Waals surface area contributed by atoms with Crippen LogP contribution in [0.1, 0.15) is 81.2 Å². The molecule has 3 fully saturated rings. The number of rotatable bonds is 7. The quantitative estimate of drug-likeness (QED) is 0.187. The third-order valence-corrected chi connectivity index (χ3v) is 12.8. The van der Waals surface area contributed by atoms with Crippen molar-refractivity contribution in [2.24, 2.45) is 5.41 Å². The summed E-state index contributed by atoms with van der Waals surface area (Å²) in [6.45, 7) is 12.0. The van der Waals surface area contributed by atoms with Crippen LogP contribution in [0.2, 0.25) is 0 Å². The first-order valence-corrected chi connectivity index (χ1v) is 19.5. The van der Waals surface area contributed by atoms with E-state index < -0.39 is 11.2 Å². The Morgan fingerprint density at radius 3 is 2.53 bits per heavy atom. The average molecular weight is 734 g/mol. The van der Waals surface area contributed by atoms with Crippen molar-refractivity contribution in [1.29, 1.82) is 0 Å². The van der Waals surface area contributed by atoms with E-state index in [0.29, 0.717) is 53.9 Å². The summed E-state index contributed by atoms with van der Waals surface area (Å²) in [5.74, 6) is 0.0915. The van der Waals surface area contributed by atoms with E-state index in [1.165, 1.54) is 24.0 Å². The number of anilines is 3. The number of hydrogen-bond donors (Lipinski definition) is 1. The second-order valence-electron chi connectivity index (χ2n) is 16.2. The van der Waals surface area contributed by atoms with Crippen molar-refractivity contribution >= 4 is 51.4 Å². The zero-order valence-electron chi connectivity index (χ0n) is 30.5. The van der Waals surface area contributed by atoms with Gasteiger partial charge >= 0.3 is 0 Å². The molecule has 2 saturated heterocycles. The molecule has 4 aromatic heterocycles. The van der Waals surface area contributed by atoms with Gasteiger partial charge in [0, 0.05) is 66.8 Å². The number of fused-ring (bicyclic) bond motifs is 3. The first-order valence-electron chi connectivity index (χ1n) is 18.7. The van der Waals surface area contributed by atoms with Crippen LogP contribution in [0.15, 0.2) is 60.6 Å². The van der Waals surface area contributed by atoms with Gasteiger partial charge in [-0.3, -0.25) is 19.5 Å². The maximum Gasteiger partial charge on any atom is 0.282 e. The number of imidazole rings is 1. The maximum absolute atomic E-state index is 14.9. The number of amides is 2. The van der Waals surface area contributed by atoms with Gasteiger partial charge in [0.25, 0.3) is 5.91 Å². The zero-order chi connectivity index (χ0) is 36.6. The number of piperidine rings is 1. The molecule has 2 amide bonds. The second-order valence-corrected chi connectivity index (χ2v) is 17.1. The van der Waals surface area contributed by atoms with Gasteiger partial charge in [0.1, 0.15) is 5.52 Å². The summed E-state index contributed by atoms with van der Waals surface area (Å²) in [6.07, 6.45) is 10.4. The van der Waals surface area contributed by atoms with Gasteiger partial charge in [0.15, 0.2) is 16.6 Å². The van der Waals surface area contributed by atoms with Gasteiger partial charge in [-0.1, -0.05) is 26.0 Å². The van der Waals surface area contributed by atoms with Gasteiger partial charge in [-0.2, -0.15) is 0 Å². The Morgan fingerprint density at radius 2 is 1.83 bits per heavy atom. The lowest BCUT2D eigenvalue weighted by molar-refractivity contribution is -0.125. The minimum absolute atomic E-state index is 0.0690. The number of hydrogen-bond acceptors (Lipinski definition) is 9. The summed E-state index contributed by atoms with van der Waals surface area (Å²) < 4.78 is 16.9. The van der Waals surface area contributed by atoms with E-state index in [1.807, 2.05) is 27.0 Å². The lowest BCUT2D eigenvalue weighted by atomic mass is 9.73. The number of benzene rings is 1. The molecule has 5 aromatic rings. The Labute approximate surface area is 312 Å². The summed E-state index contributed by atoms with van der Waals surface area (Å²) in [4.78, 5) is 52.7. The molecular weight excluding hydrogens is 690 g/mol. The van der Waals surface area contributed by atoms with Crippen LogP contribution in [0.4, 0.5) is 21.6 Å². The monoisotopic (exact) mass is 733 g/mol. The lowest BCUT2D eigenvalue weighted by Gasteiger charge is -2.46. The van der Waals surface area contributed by atoms with Gasteiger partial charge in [0.2, 0.25) is 5.91 Å². The van der Waals surface area contributed by atoms with Crippen molar-refractivity contribution in [3.05, 3.63) is 77.0 Å². The summed E-state index contributed by atoms with van der Waals surface area (Å²) in [6, 6.07) is 10.5. The highest BCUT2D eigenvalue weighted by Crippen LogP contribution is 2.52. The van der Waals surface area contributed by atoms with Crippen LogP contribution < -0.4 is 10.2 Å². The van der Waals surface area contributed by atoms with E-state index in [2.05, 4.69) is 64.9 Å². The Hall–Kier alpha value is -4.75. The maximum atomic E-state index is 14.9. The standard InChI is InChI=1S/C40H44FN9O2S/c1-24(2)49-23-44-32-20-31(46-35(34(32)49)45-30-7-11-42-21-29(30)41)25-5-6-28-33(17-25)50(27-18-26(19-27)48-13-8-39(3,4)22-48)38(52)40(28)9-14-47(15-10-40)37(51)36-43-12-16-53-36/h5-7,11-12,16-17,20-21,23-24,26-27H,8-10,13-15,18-19,22H2,1-4H3,(H,42,45,46). The Kier molecular flexibility index (Phi) is 8.15. The van der Waals surface area contributed by atoms with E-state index in [9.17, 15) is 14.0 Å². The molecule has 1 aromatic carbocycles. The van der Waals surface area contributed by atoms with Crippen LogP contribution in [0.5, 0.6) is 0 Å². The molecule has 3 aliphatic heterocycles. The lowest BCUT2D eigenvalue weighted by Crippen LogP contribution is -2.57. The summed E-state index contributed by atoms with van der Waals surface area (Å²) in [7, 11) is 0. The molecule has 1 N–H and O–H groups in total. The summed E-state index contributed by atoms with van der Waals surface area (Å²) in [5.41, 5.74) is 4.89. The molecule has 1 spiro atoms. The molecule has 11 nitrogen and oxygen atoms in total. The van der Waals surface area contributed by atoms with E-state index in [1.54, 1.807) is 24.8 Å². The number of halogens is 1. The molecule has 0 bridgehead atoms. The first-order chi connectivity index (χ1) is 25.5. The molecular formula is C40H44FN9O2S. The zero-order valence-corrected chi connectivity index (χ0v) is 31.4. The molecule has 53 heavy (non-hydrogen) atoms. The van der Waals surface area contributed by atoms with Crippen molar-refractivity contribution in [3.63, 3.8) is 0 Å². The van der Waals surface area contributed by atoms with Gasteiger partial charge < -0.3 is 19.7 Å². The Morgan fingerprint density at radius 1 is 1.02 bits per heavy atom. The first kappa shape index (κ1) is 34.0. The molecule has 7 heterocycles. The highest BCUT2D eigenvalue weighted by molar-refractivity contribution is 7.11.